The van der Waals surface area contributed by atoms with Crippen LogP contribution in [0.1, 0.15) is 213 Å². The second-order valence-electron chi connectivity index (χ2n) is 17.0. The molecule has 0 rings (SSSR count). The van der Waals surface area contributed by atoms with Gasteiger partial charge < -0.3 is 14.2 Å². The summed E-state index contributed by atoms with van der Waals surface area (Å²) < 4.78 is 16.7. The van der Waals surface area contributed by atoms with E-state index in [1.165, 1.54) is 38.5 Å². The molecule has 0 radical (unpaired) electrons. The maximum atomic E-state index is 12.8. The van der Waals surface area contributed by atoms with Crippen LogP contribution in [0.15, 0.2) is 134 Å². The summed E-state index contributed by atoms with van der Waals surface area (Å²) in [6.45, 7) is 6.28. The zero-order valence-electron chi connectivity index (χ0n) is 42.9. The topological polar surface area (TPSA) is 78.9 Å². The minimum absolute atomic E-state index is 0.122. The Hall–Kier alpha value is -4.45. The minimum atomic E-state index is -0.830. The first-order valence-electron chi connectivity index (χ1n) is 26.7. The number of carbonyl (C=O) groups excluding carboxylic acids is 3. The van der Waals surface area contributed by atoms with Crippen LogP contribution >= 0.6 is 0 Å². The Bertz CT molecular complexity index is 1480. The van der Waals surface area contributed by atoms with Gasteiger partial charge in [0.05, 0.1) is 0 Å². The van der Waals surface area contributed by atoms with Gasteiger partial charge in [-0.25, -0.2) is 0 Å². The first-order valence-corrected chi connectivity index (χ1v) is 26.7. The largest absolute Gasteiger partial charge is 0.462 e. The van der Waals surface area contributed by atoms with Crippen LogP contribution in [0.5, 0.6) is 0 Å². The third-order valence-corrected chi connectivity index (χ3v) is 10.6. The van der Waals surface area contributed by atoms with Gasteiger partial charge in [-0.2, -0.15) is 0 Å². The number of esters is 3. The van der Waals surface area contributed by atoms with Crippen molar-refractivity contribution in [2.75, 3.05) is 13.2 Å². The molecule has 0 amide bonds. The fourth-order valence-corrected chi connectivity index (χ4v) is 6.67. The van der Waals surface area contributed by atoms with Gasteiger partial charge in [0.25, 0.3) is 0 Å². The molecule has 0 spiro atoms. The summed E-state index contributed by atoms with van der Waals surface area (Å²) >= 11 is 0. The Kier molecular flexibility index (Phi) is 50.6. The second-order valence-corrected chi connectivity index (χ2v) is 17.0. The highest BCUT2D eigenvalue weighted by molar-refractivity contribution is 5.71. The Morgan fingerprint density at radius 1 is 0.313 bits per heavy atom. The van der Waals surface area contributed by atoms with Gasteiger partial charge in [-0.15, -0.1) is 0 Å². The van der Waals surface area contributed by atoms with E-state index in [9.17, 15) is 14.4 Å². The summed E-state index contributed by atoms with van der Waals surface area (Å²) in [5.74, 6) is -1.03. The van der Waals surface area contributed by atoms with E-state index in [0.717, 1.165) is 128 Å². The highest BCUT2D eigenvalue weighted by Gasteiger charge is 2.19. The zero-order chi connectivity index (χ0) is 48.6. The fourth-order valence-electron chi connectivity index (χ4n) is 6.67. The lowest BCUT2D eigenvalue weighted by molar-refractivity contribution is -0.167. The van der Waals surface area contributed by atoms with E-state index in [1.54, 1.807) is 0 Å². The predicted octanol–water partition coefficient (Wildman–Crippen LogP) is 17.9. The van der Waals surface area contributed by atoms with Crippen LogP contribution in [0.4, 0.5) is 0 Å². The maximum Gasteiger partial charge on any atom is 0.306 e. The summed E-state index contributed by atoms with van der Waals surface area (Å²) in [5, 5.41) is 0. The van der Waals surface area contributed by atoms with Gasteiger partial charge in [-0.05, 0) is 128 Å². The summed E-state index contributed by atoms with van der Waals surface area (Å²) in [7, 11) is 0. The molecule has 0 saturated heterocycles. The summed E-state index contributed by atoms with van der Waals surface area (Å²) in [6, 6.07) is 0. The third kappa shape index (κ3) is 52.4. The van der Waals surface area contributed by atoms with Crippen molar-refractivity contribution < 1.29 is 28.6 Å². The van der Waals surface area contributed by atoms with E-state index in [2.05, 4.69) is 154 Å². The van der Waals surface area contributed by atoms with Gasteiger partial charge in [0, 0.05) is 19.3 Å². The van der Waals surface area contributed by atoms with Gasteiger partial charge in [0.1, 0.15) is 13.2 Å². The zero-order valence-corrected chi connectivity index (χ0v) is 42.9. The highest BCUT2D eigenvalue weighted by atomic mass is 16.6. The molecule has 1 unspecified atom stereocenters. The molecule has 0 aromatic rings. The van der Waals surface area contributed by atoms with Crippen molar-refractivity contribution >= 4 is 17.9 Å². The maximum absolute atomic E-state index is 12.8. The quantitative estimate of drug-likeness (QED) is 0.0262. The molecule has 0 saturated carbocycles. The lowest BCUT2D eigenvalue weighted by Crippen LogP contribution is -2.30. The van der Waals surface area contributed by atoms with Gasteiger partial charge >= 0.3 is 17.9 Å². The second kappa shape index (κ2) is 54.2. The molecule has 6 nitrogen and oxygen atoms in total. The normalized spacial score (nSPS) is 13.2. The molecular weight excluding hydrogens is 829 g/mol. The Labute approximate surface area is 411 Å². The molecule has 0 aliphatic carbocycles. The Balaban J connectivity index is 4.55. The molecule has 0 bridgehead atoms. The lowest BCUT2D eigenvalue weighted by Gasteiger charge is -2.18. The van der Waals surface area contributed by atoms with E-state index in [1.807, 2.05) is 0 Å². The fraction of sp³-hybridized carbons (Fsp3) is 0.590. The Morgan fingerprint density at radius 2 is 0.597 bits per heavy atom. The molecule has 0 aromatic carbocycles. The standard InChI is InChI=1S/C61H96O6/c1-4-7-10-13-16-19-22-25-27-29-30-32-33-36-39-42-45-48-51-54-60(63)66-57-58(56-65-59(62)53-50-47-44-41-38-35-24-21-18-15-12-9-6-3)67-61(64)55-52-49-46-43-40-37-34-31-28-26-23-20-17-14-11-8-5-2/h8-9,11-12,16-21,25-28,30,32,34-35,37-38,43,46,58H,4-7,10,13-15,22-24,29,31,33,36,39-42,44-45,47-57H2,1-3H3/b11-8-,12-9-,19-16-,20-17-,21-18-,27-25-,28-26-,32-30-,37-34-,38-35-,46-43-. The van der Waals surface area contributed by atoms with E-state index in [4.69, 9.17) is 14.2 Å². The van der Waals surface area contributed by atoms with E-state index in [0.29, 0.717) is 19.3 Å². The van der Waals surface area contributed by atoms with Crippen LogP contribution in [-0.2, 0) is 28.6 Å². The number of hydrogen-bond acceptors (Lipinski definition) is 6. The molecule has 67 heavy (non-hydrogen) atoms. The number of rotatable bonds is 46. The van der Waals surface area contributed by atoms with Crippen LogP contribution in [0.3, 0.4) is 0 Å². The lowest BCUT2D eigenvalue weighted by atomic mass is 10.1. The van der Waals surface area contributed by atoms with Crippen LogP contribution < -0.4 is 0 Å². The first kappa shape index (κ1) is 62.5. The van der Waals surface area contributed by atoms with E-state index < -0.39 is 6.10 Å². The minimum Gasteiger partial charge on any atom is -0.462 e. The molecule has 0 aliphatic rings. The van der Waals surface area contributed by atoms with Gasteiger partial charge in [-0.3, -0.25) is 14.4 Å². The number of unbranched alkanes of at least 4 members (excludes halogenated alkanes) is 13. The molecule has 0 aliphatic heterocycles. The van der Waals surface area contributed by atoms with Crippen molar-refractivity contribution in [2.45, 2.75) is 219 Å². The molecule has 0 N–H and O–H groups in total. The summed E-state index contributed by atoms with van der Waals surface area (Å²) in [4.78, 5) is 38.0. The SMILES string of the molecule is CC/C=C\C/C=C\C/C=C\C/C=C\C/C=C\CCCC(=O)OC(COC(=O)CCCCC/C=C\C/C=C\C/C=C\CC)COC(=O)CCCCCCCC/C=C\C/C=C\C/C=C\CCCCC. The molecule has 6 heteroatoms. The number of allylic oxidation sites excluding steroid dienone is 22. The summed E-state index contributed by atoms with van der Waals surface area (Å²) in [5.41, 5.74) is 0. The smallest absolute Gasteiger partial charge is 0.306 e. The van der Waals surface area contributed by atoms with Crippen LogP contribution in [0.2, 0.25) is 0 Å². The van der Waals surface area contributed by atoms with E-state index in [-0.39, 0.29) is 37.5 Å². The van der Waals surface area contributed by atoms with Crippen LogP contribution in [0.25, 0.3) is 0 Å². The van der Waals surface area contributed by atoms with Crippen molar-refractivity contribution in [1.29, 1.82) is 0 Å². The number of hydrogen-bond donors (Lipinski definition) is 0. The van der Waals surface area contributed by atoms with Crippen molar-refractivity contribution in [3.63, 3.8) is 0 Å². The number of ether oxygens (including phenoxy) is 3. The predicted molar refractivity (Wildman–Crippen MR) is 288 cm³/mol. The molecule has 0 heterocycles. The number of carbonyl (C=O) groups is 3. The molecule has 376 valence electrons. The first-order chi connectivity index (χ1) is 33.0. The highest BCUT2D eigenvalue weighted by Crippen LogP contribution is 2.12. The average Bonchev–Trinajstić information content (AvgIpc) is 3.33. The van der Waals surface area contributed by atoms with Crippen molar-refractivity contribution in [2.24, 2.45) is 0 Å². The van der Waals surface area contributed by atoms with Gasteiger partial charge in [0.2, 0.25) is 0 Å². The van der Waals surface area contributed by atoms with Gasteiger partial charge in [-0.1, -0.05) is 199 Å². The van der Waals surface area contributed by atoms with Crippen LogP contribution in [-0.4, -0.2) is 37.2 Å². The molecule has 0 fully saturated rings. The van der Waals surface area contributed by atoms with Gasteiger partial charge in [0.15, 0.2) is 6.10 Å². The third-order valence-electron chi connectivity index (χ3n) is 10.6. The van der Waals surface area contributed by atoms with Crippen LogP contribution in [0, 0.1) is 0 Å². The summed E-state index contributed by atoms with van der Waals surface area (Å²) in [6.07, 6.45) is 75.8. The molecule has 0 aromatic heterocycles. The van der Waals surface area contributed by atoms with E-state index >= 15 is 0 Å². The van der Waals surface area contributed by atoms with Crippen molar-refractivity contribution in [3.8, 4) is 0 Å². The van der Waals surface area contributed by atoms with Crippen molar-refractivity contribution in [1.82, 2.24) is 0 Å². The Morgan fingerprint density at radius 3 is 0.970 bits per heavy atom. The monoisotopic (exact) mass is 925 g/mol. The molecular formula is C61H96O6. The average molecular weight is 925 g/mol. The van der Waals surface area contributed by atoms with Crippen molar-refractivity contribution in [3.05, 3.63) is 134 Å². The molecule has 1 atom stereocenters.